The summed E-state index contributed by atoms with van der Waals surface area (Å²) in [7, 11) is 1.16. The molecule has 3 heterocycles. The van der Waals surface area contributed by atoms with Crippen LogP contribution in [0, 0.1) is 17.6 Å². The second kappa shape index (κ2) is 12.9. The summed E-state index contributed by atoms with van der Waals surface area (Å²) in [6.07, 6.45) is 2.10. The fourth-order valence-electron chi connectivity index (χ4n) is 5.19. The Morgan fingerprint density at radius 1 is 1.11 bits per heavy atom. The number of halogens is 3. The smallest absolute Gasteiger partial charge is 0.411 e. The van der Waals surface area contributed by atoms with Crippen molar-refractivity contribution in [2.75, 3.05) is 22.8 Å². The van der Waals surface area contributed by atoms with Crippen LogP contribution in [0.4, 0.5) is 30.6 Å². The molecule has 2 bridgehead atoms. The van der Waals surface area contributed by atoms with Gasteiger partial charge in [0, 0.05) is 17.7 Å². The van der Waals surface area contributed by atoms with Crippen molar-refractivity contribution in [1.29, 1.82) is 0 Å². The van der Waals surface area contributed by atoms with E-state index in [1.54, 1.807) is 38.1 Å². The highest BCUT2D eigenvalue weighted by Gasteiger charge is 2.37. The SMILES string of the molecule is COC(=O)Nc1ccc2c(c1F)NC(=O)C(C)CCCC(NC(=O)C1N=NN(c3cccc(Cl)c3F)C1C)c1cc-2ccn1. The van der Waals surface area contributed by atoms with E-state index in [2.05, 4.69) is 36.0 Å². The highest BCUT2D eigenvalue weighted by Crippen LogP contribution is 2.37. The number of methoxy groups -OCH3 is 1. The molecule has 3 amide bonds. The van der Waals surface area contributed by atoms with Gasteiger partial charge < -0.3 is 15.4 Å². The van der Waals surface area contributed by atoms with Crippen LogP contribution in [0.1, 0.15) is 44.8 Å². The summed E-state index contributed by atoms with van der Waals surface area (Å²) < 4.78 is 35.0. The molecule has 44 heavy (non-hydrogen) atoms. The first-order chi connectivity index (χ1) is 21.1. The third kappa shape index (κ3) is 6.18. The Bertz CT molecular complexity index is 1640. The molecule has 2 aliphatic rings. The second-order valence-electron chi connectivity index (χ2n) is 10.6. The molecule has 230 valence electrons. The molecular formula is C30H30ClF2N7O4. The quantitative estimate of drug-likeness (QED) is 0.306. The third-order valence-electron chi connectivity index (χ3n) is 7.72. The van der Waals surface area contributed by atoms with Crippen LogP contribution in [-0.4, -0.2) is 42.1 Å². The van der Waals surface area contributed by atoms with E-state index in [0.717, 1.165) is 7.11 Å². The summed E-state index contributed by atoms with van der Waals surface area (Å²) >= 11 is 5.94. The largest absolute Gasteiger partial charge is 0.453 e. The highest BCUT2D eigenvalue weighted by molar-refractivity contribution is 6.31. The Hall–Kier alpha value is -4.65. The first-order valence-electron chi connectivity index (χ1n) is 14.0. The van der Waals surface area contributed by atoms with Crippen LogP contribution in [-0.2, 0) is 14.3 Å². The number of pyridine rings is 1. The summed E-state index contributed by atoms with van der Waals surface area (Å²) in [5, 5.41) is 17.4. The number of carbonyl (C=O) groups excluding carboxylic acids is 3. The van der Waals surface area contributed by atoms with Crippen molar-refractivity contribution < 1.29 is 27.9 Å². The minimum Gasteiger partial charge on any atom is -0.453 e. The lowest BCUT2D eigenvalue weighted by molar-refractivity contribution is -0.123. The van der Waals surface area contributed by atoms with E-state index >= 15 is 4.39 Å². The van der Waals surface area contributed by atoms with Crippen LogP contribution < -0.4 is 21.0 Å². The van der Waals surface area contributed by atoms with Crippen LogP contribution in [0.2, 0.25) is 5.02 Å². The number of benzene rings is 2. The maximum absolute atomic E-state index is 15.7. The van der Waals surface area contributed by atoms with Gasteiger partial charge in [0.2, 0.25) is 11.8 Å². The molecule has 0 spiro atoms. The number of fused-ring (bicyclic) bond motifs is 4. The zero-order chi connectivity index (χ0) is 31.5. The number of amides is 3. The molecule has 4 atom stereocenters. The number of ether oxygens (including phenoxy) is 1. The van der Waals surface area contributed by atoms with E-state index < -0.39 is 53.6 Å². The minimum atomic E-state index is -0.946. The number of aromatic nitrogens is 1. The molecule has 3 aromatic rings. The predicted molar refractivity (Wildman–Crippen MR) is 160 cm³/mol. The Balaban J connectivity index is 1.45. The normalized spacial score (nSPS) is 21.4. The van der Waals surface area contributed by atoms with Crippen molar-refractivity contribution in [2.24, 2.45) is 16.3 Å². The van der Waals surface area contributed by atoms with E-state index in [1.807, 2.05) is 0 Å². The topological polar surface area (TPSA) is 137 Å². The summed E-state index contributed by atoms with van der Waals surface area (Å²) in [4.78, 5) is 42.9. The van der Waals surface area contributed by atoms with Gasteiger partial charge in [0.15, 0.2) is 17.7 Å². The molecule has 0 saturated carbocycles. The zero-order valence-corrected chi connectivity index (χ0v) is 24.9. The molecule has 4 unspecified atom stereocenters. The van der Waals surface area contributed by atoms with Gasteiger partial charge in [-0.15, -0.1) is 0 Å². The number of hydrogen-bond acceptors (Lipinski definition) is 8. The second-order valence-corrected chi connectivity index (χ2v) is 11.0. The van der Waals surface area contributed by atoms with Gasteiger partial charge >= 0.3 is 6.09 Å². The van der Waals surface area contributed by atoms with Gasteiger partial charge in [0.05, 0.1) is 47.0 Å². The van der Waals surface area contributed by atoms with Crippen molar-refractivity contribution >= 4 is 46.6 Å². The third-order valence-corrected chi connectivity index (χ3v) is 8.01. The van der Waals surface area contributed by atoms with E-state index in [4.69, 9.17) is 11.6 Å². The summed E-state index contributed by atoms with van der Waals surface area (Å²) in [5.74, 6) is -2.83. The summed E-state index contributed by atoms with van der Waals surface area (Å²) in [6.45, 7) is 3.43. The van der Waals surface area contributed by atoms with Gasteiger partial charge in [-0.05, 0) is 55.7 Å². The maximum Gasteiger partial charge on any atom is 0.411 e. The molecule has 0 fully saturated rings. The molecule has 3 N–H and O–H groups in total. The van der Waals surface area contributed by atoms with E-state index in [-0.39, 0.29) is 22.1 Å². The van der Waals surface area contributed by atoms with Crippen LogP contribution in [0.25, 0.3) is 11.1 Å². The number of carbonyl (C=O) groups is 3. The van der Waals surface area contributed by atoms with Crippen molar-refractivity contribution in [3.63, 3.8) is 0 Å². The Morgan fingerprint density at radius 2 is 1.91 bits per heavy atom. The molecule has 1 aromatic heterocycles. The molecule has 0 aliphatic carbocycles. The Kier molecular flexibility index (Phi) is 9.04. The molecule has 14 heteroatoms. The fraction of sp³-hybridized carbons (Fsp3) is 0.333. The number of nitrogens with one attached hydrogen (secondary N) is 3. The molecule has 2 aliphatic heterocycles. The Labute approximate surface area is 257 Å². The molecule has 11 nitrogen and oxygen atoms in total. The van der Waals surface area contributed by atoms with Gasteiger partial charge in [-0.1, -0.05) is 42.3 Å². The van der Waals surface area contributed by atoms with E-state index in [9.17, 15) is 18.8 Å². The van der Waals surface area contributed by atoms with Crippen LogP contribution in [0.15, 0.2) is 59.0 Å². The van der Waals surface area contributed by atoms with Crippen molar-refractivity contribution in [1.82, 2.24) is 10.3 Å². The zero-order valence-electron chi connectivity index (χ0n) is 24.1. The first-order valence-corrected chi connectivity index (χ1v) is 14.4. The molecule has 2 aromatic carbocycles. The van der Waals surface area contributed by atoms with Gasteiger partial charge in [-0.2, -0.15) is 5.11 Å². The minimum absolute atomic E-state index is 0.0719. The fourth-order valence-corrected chi connectivity index (χ4v) is 5.36. The van der Waals surface area contributed by atoms with Crippen LogP contribution >= 0.6 is 11.6 Å². The standard InChI is InChI=1S/C30H30ClF2N7O4/c1-15-6-4-8-20(35-29(42)26-16(2)40(39-38-26)23-9-5-7-19(31)24(23)32)22-14-17(12-13-34-22)18-10-11-21(36-30(43)44-3)25(33)27(18)37-28(15)41/h5,7,9-16,20,26H,4,6,8H2,1-3H3,(H,35,42)(H,36,43)(H,37,41). The van der Waals surface area contributed by atoms with Crippen LogP contribution in [0.5, 0.6) is 0 Å². The van der Waals surface area contributed by atoms with Crippen molar-refractivity contribution in [3.8, 4) is 11.1 Å². The number of hydrogen-bond donors (Lipinski definition) is 3. The first kappa shape index (κ1) is 30.8. The molecule has 0 saturated heterocycles. The number of anilines is 3. The maximum atomic E-state index is 15.7. The summed E-state index contributed by atoms with van der Waals surface area (Å²) in [6, 6.07) is 8.67. The molecule has 0 radical (unpaired) electrons. The van der Waals surface area contributed by atoms with E-state index in [1.165, 1.54) is 29.4 Å². The summed E-state index contributed by atoms with van der Waals surface area (Å²) in [5.41, 5.74) is 1.22. The van der Waals surface area contributed by atoms with E-state index in [0.29, 0.717) is 36.1 Å². The lowest BCUT2D eigenvalue weighted by atomic mass is 9.95. The average Bonchev–Trinajstić information content (AvgIpc) is 3.40. The van der Waals surface area contributed by atoms with Crippen LogP contribution in [0.3, 0.4) is 0 Å². The highest BCUT2D eigenvalue weighted by atomic mass is 35.5. The predicted octanol–water partition coefficient (Wildman–Crippen LogP) is 6.42. The lowest BCUT2D eigenvalue weighted by Crippen LogP contribution is -2.44. The number of nitrogens with zero attached hydrogens (tertiary/aromatic N) is 4. The van der Waals surface area contributed by atoms with Gasteiger partial charge in [-0.3, -0.25) is 19.9 Å². The van der Waals surface area contributed by atoms with Gasteiger partial charge in [0.1, 0.15) is 0 Å². The average molecular weight is 626 g/mol. The molecular weight excluding hydrogens is 596 g/mol. The Morgan fingerprint density at radius 3 is 2.68 bits per heavy atom. The lowest BCUT2D eigenvalue weighted by Gasteiger charge is -2.25. The van der Waals surface area contributed by atoms with Crippen molar-refractivity contribution in [2.45, 2.75) is 51.2 Å². The van der Waals surface area contributed by atoms with Gasteiger partial charge in [0.25, 0.3) is 0 Å². The number of rotatable bonds is 4. The van der Waals surface area contributed by atoms with Gasteiger partial charge in [-0.25, -0.2) is 18.6 Å². The monoisotopic (exact) mass is 625 g/mol. The van der Waals surface area contributed by atoms with Crippen molar-refractivity contribution in [3.05, 3.63) is 71.0 Å². The molecule has 5 rings (SSSR count).